The third-order valence-electron chi connectivity index (χ3n) is 7.16. The lowest BCUT2D eigenvalue weighted by Crippen LogP contribution is -2.19. The highest BCUT2D eigenvalue weighted by Gasteiger charge is 2.51. The highest BCUT2D eigenvalue weighted by Crippen LogP contribution is 2.51. The Hall–Kier alpha value is -4.07. The zero-order valence-corrected chi connectivity index (χ0v) is 24.0. The molecule has 2 aromatic heterocycles. The van der Waals surface area contributed by atoms with E-state index in [1.54, 1.807) is 4.68 Å². The molecule has 204 valence electrons. The van der Waals surface area contributed by atoms with Crippen LogP contribution < -0.4 is 0 Å². The molecule has 0 unspecified atom stereocenters. The highest BCUT2D eigenvalue weighted by atomic mass is 32.2. The van der Waals surface area contributed by atoms with Crippen LogP contribution in [-0.2, 0) is 26.9 Å². The van der Waals surface area contributed by atoms with Crippen LogP contribution in [0.3, 0.4) is 0 Å². The van der Waals surface area contributed by atoms with Crippen molar-refractivity contribution in [1.82, 2.24) is 24.5 Å². The van der Waals surface area contributed by atoms with E-state index in [2.05, 4.69) is 49.9 Å². The predicted molar refractivity (Wildman–Crippen MR) is 153 cm³/mol. The summed E-state index contributed by atoms with van der Waals surface area (Å²) in [6.45, 7) is 5.68. The van der Waals surface area contributed by atoms with Crippen LogP contribution >= 0.6 is 0 Å². The van der Waals surface area contributed by atoms with E-state index in [0.29, 0.717) is 0 Å². The summed E-state index contributed by atoms with van der Waals surface area (Å²) in [6.07, 6.45) is 6.75. The van der Waals surface area contributed by atoms with Gasteiger partial charge in [0, 0.05) is 35.5 Å². The number of nitrogens with zero attached hydrogens (tertiary/aromatic N) is 6. The van der Waals surface area contributed by atoms with Crippen molar-refractivity contribution in [3.05, 3.63) is 83.2 Å². The summed E-state index contributed by atoms with van der Waals surface area (Å²) in [5.41, 5.74) is 5.80. The number of rotatable bonds is 5. The molecule has 1 fully saturated rings. The van der Waals surface area contributed by atoms with Gasteiger partial charge in [-0.05, 0) is 63.4 Å². The quantitative estimate of drug-likeness (QED) is 0.271. The molecule has 0 bridgehead atoms. The van der Waals surface area contributed by atoms with E-state index in [1.165, 1.54) is 0 Å². The average Bonchev–Trinajstić information content (AvgIpc) is 3.43. The van der Waals surface area contributed by atoms with E-state index in [9.17, 15) is 8.42 Å². The van der Waals surface area contributed by atoms with Crippen LogP contribution in [0.4, 0.5) is 0 Å². The molecule has 40 heavy (non-hydrogen) atoms. The van der Waals surface area contributed by atoms with Gasteiger partial charge in [0.05, 0.1) is 35.9 Å². The molecule has 0 N–H and O–H groups in total. The summed E-state index contributed by atoms with van der Waals surface area (Å²) in [5.74, 6) is 8.03. The fourth-order valence-corrected chi connectivity index (χ4v) is 5.37. The zero-order valence-electron chi connectivity index (χ0n) is 23.1. The van der Waals surface area contributed by atoms with Crippen molar-refractivity contribution in [2.45, 2.75) is 39.2 Å². The number of aliphatic imine (C=N–C) groups is 1. The lowest BCUT2D eigenvalue weighted by atomic mass is 9.94. The van der Waals surface area contributed by atoms with Crippen LogP contribution in [0.25, 0.3) is 16.8 Å². The SMILES string of the molecule is Cc1nnc2n1-c1ccc(-c3cnn(C)c3)cc1C(c1ccc(C#CC(C)(C)COS(C)(=O)=O)cc1)=NC21CC1. The van der Waals surface area contributed by atoms with Crippen LogP contribution in [0.5, 0.6) is 0 Å². The molecule has 1 aliphatic heterocycles. The first-order valence-corrected chi connectivity index (χ1v) is 14.9. The van der Waals surface area contributed by atoms with Crippen LogP contribution in [-0.4, -0.2) is 51.5 Å². The molecule has 1 saturated carbocycles. The minimum absolute atomic E-state index is 0.00500. The van der Waals surface area contributed by atoms with Gasteiger partial charge in [0.25, 0.3) is 10.1 Å². The van der Waals surface area contributed by atoms with Crippen molar-refractivity contribution in [3.8, 4) is 28.7 Å². The Kier molecular flexibility index (Phi) is 6.05. The van der Waals surface area contributed by atoms with Gasteiger partial charge in [0.15, 0.2) is 5.82 Å². The zero-order chi connectivity index (χ0) is 28.3. The van der Waals surface area contributed by atoms with E-state index in [-0.39, 0.29) is 12.1 Å². The smallest absolute Gasteiger partial charge is 0.264 e. The summed E-state index contributed by atoms with van der Waals surface area (Å²) < 4.78 is 31.7. The molecular formula is C30H30N6O3S. The number of hydrogen-bond donors (Lipinski definition) is 0. The lowest BCUT2D eigenvalue weighted by Gasteiger charge is -2.16. The van der Waals surface area contributed by atoms with Crippen molar-refractivity contribution in [2.24, 2.45) is 17.5 Å². The first-order valence-electron chi connectivity index (χ1n) is 13.1. The normalized spacial score (nSPS) is 15.5. The van der Waals surface area contributed by atoms with E-state index in [0.717, 1.165) is 70.0 Å². The molecule has 6 rings (SSSR count). The van der Waals surface area contributed by atoms with Crippen LogP contribution in [0.1, 0.15) is 55.0 Å². The molecular weight excluding hydrogens is 524 g/mol. The van der Waals surface area contributed by atoms with Gasteiger partial charge in [0.2, 0.25) is 0 Å². The molecule has 3 heterocycles. The highest BCUT2D eigenvalue weighted by molar-refractivity contribution is 7.85. The third kappa shape index (κ3) is 4.98. The summed E-state index contributed by atoms with van der Waals surface area (Å²) in [7, 11) is -1.61. The topological polar surface area (TPSA) is 104 Å². The molecule has 1 spiro atoms. The van der Waals surface area contributed by atoms with Gasteiger partial charge >= 0.3 is 0 Å². The Labute approximate surface area is 234 Å². The van der Waals surface area contributed by atoms with Crippen molar-refractivity contribution in [3.63, 3.8) is 0 Å². The van der Waals surface area contributed by atoms with Gasteiger partial charge in [-0.3, -0.25) is 18.4 Å². The molecule has 0 atom stereocenters. The molecule has 2 aromatic carbocycles. The molecule has 0 radical (unpaired) electrons. The molecule has 2 aliphatic rings. The average molecular weight is 555 g/mol. The summed E-state index contributed by atoms with van der Waals surface area (Å²) in [6, 6.07) is 14.4. The van der Waals surface area contributed by atoms with Crippen molar-refractivity contribution >= 4 is 15.8 Å². The van der Waals surface area contributed by atoms with Crippen molar-refractivity contribution in [1.29, 1.82) is 0 Å². The van der Waals surface area contributed by atoms with E-state index in [1.807, 2.05) is 64.5 Å². The molecule has 9 nitrogen and oxygen atoms in total. The third-order valence-corrected chi connectivity index (χ3v) is 7.70. The van der Waals surface area contributed by atoms with Crippen LogP contribution in [0.15, 0.2) is 59.9 Å². The number of aryl methyl sites for hydroxylation is 2. The second-order valence-electron chi connectivity index (χ2n) is 11.2. The first-order chi connectivity index (χ1) is 18.9. The Balaban J connectivity index is 1.41. The molecule has 0 saturated heterocycles. The molecule has 10 heteroatoms. The minimum atomic E-state index is -3.52. The standard InChI is InChI=1S/C30H30N6O3S/c1-20-33-34-28-30(14-15-30)32-27(25-16-23(10-11-26(25)36(20)28)24-17-31-35(4)18-24)22-8-6-21(7-9-22)12-13-29(2,3)19-39-40(5,37)38/h6-11,16-18H,14-15,19H2,1-5H3. The Morgan fingerprint density at radius 3 is 2.42 bits per heavy atom. The largest absolute Gasteiger partial charge is 0.280 e. The Bertz CT molecular complexity index is 1830. The fourth-order valence-electron chi connectivity index (χ4n) is 4.86. The predicted octanol–water partition coefficient (Wildman–Crippen LogP) is 4.17. The fraction of sp³-hybridized carbons (Fsp3) is 0.333. The van der Waals surface area contributed by atoms with E-state index in [4.69, 9.17) is 9.18 Å². The molecule has 4 aromatic rings. The summed E-state index contributed by atoms with van der Waals surface area (Å²) in [4.78, 5) is 5.35. The van der Waals surface area contributed by atoms with Crippen LogP contribution in [0.2, 0.25) is 0 Å². The summed E-state index contributed by atoms with van der Waals surface area (Å²) in [5, 5.41) is 13.3. The Morgan fingerprint density at radius 1 is 1.05 bits per heavy atom. The van der Waals surface area contributed by atoms with Gasteiger partial charge in [-0.15, -0.1) is 10.2 Å². The van der Waals surface area contributed by atoms with Crippen molar-refractivity contribution in [2.75, 3.05) is 12.9 Å². The summed E-state index contributed by atoms with van der Waals surface area (Å²) >= 11 is 0. The second-order valence-corrected chi connectivity index (χ2v) is 12.9. The number of aromatic nitrogens is 5. The number of hydrogen-bond acceptors (Lipinski definition) is 7. The van der Waals surface area contributed by atoms with Gasteiger partial charge in [0.1, 0.15) is 11.4 Å². The van der Waals surface area contributed by atoms with Gasteiger partial charge < -0.3 is 0 Å². The maximum Gasteiger partial charge on any atom is 0.264 e. The van der Waals surface area contributed by atoms with E-state index >= 15 is 0 Å². The molecule has 1 aliphatic carbocycles. The van der Waals surface area contributed by atoms with Gasteiger partial charge in [-0.25, -0.2) is 0 Å². The Morgan fingerprint density at radius 2 is 1.77 bits per heavy atom. The maximum absolute atomic E-state index is 11.4. The second kappa shape index (κ2) is 9.25. The lowest BCUT2D eigenvalue weighted by molar-refractivity contribution is 0.236. The van der Waals surface area contributed by atoms with Gasteiger partial charge in [-0.1, -0.05) is 30.0 Å². The number of benzene rings is 2. The van der Waals surface area contributed by atoms with Crippen molar-refractivity contribution < 1.29 is 12.6 Å². The number of fused-ring (bicyclic) bond motifs is 4. The van der Waals surface area contributed by atoms with Crippen LogP contribution in [0, 0.1) is 24.2 Å². The first kappa shape index (κ1) is 26.2. The molecule has 0 amide bonds. The van der Waals surface area contributed by atoms with E-state index < -0.39 is 15.5 Å². The maximum atomic E-state index is 11.4. The monoisotopic (exact) mass is 554 g/mol. The minimum Gasteiger partial charge on any atom is -0.280 e. The van der Waals surface area contributed by atoms with Gasteiger partial charge in [-0.2, -0.15) is 13.5 Å².